The average Bonchev–Trinajstić information content (AvgIpc) is 3.08. The zero-order chi connectivity index (χ0) is 24.4. The molecule has 3 aromatic rings. The third kappa shape index (κ3) is 4.61. The molecule has 34 heavy (non-hydrogen) atoms. The van der Waals surface area contributed by atoms with Gasteiger partial charge in [-0.15, -0.1) is 0 Å². The topological polar surface area (TPSA) is 119 Å². The van der Waals surface area contributed by atoms with Crippen LogP contribution in [-0.4, -0.2) is 22.7 Å². The standard InChI is InChI=1S/C23H13Cl2N3O6/c24-14-6-8-17(19(25)12-14)23(31)34-20-9-7-16(28(32)33)10-13(20)11-18-21(29)26-27(22(18)30)15-4-2-1-3-5-15/h1-12H,(H,26,29). The van der Waals surface area contributed by atoms with E-state index in [0.29, 0.717) is 10.7 Å². The van der Waals surface area contributed by atoms with E-state index >= 15 is 0 Å². The van der Waals surface area contributed by atoms with Gasteiger partial charge >= 0.3 is 5.97 Å². The molecule has 1 N–H and O–H groups in total. The number of hydrogen-bond donors (Lipinski definition) is 1. The van der Waals surface area contributed by atoms with Crippen molar-refractivity contribution < 1.29 is 24.0 Å². The summed E-state index contributed by atoms with van der Waals surface area (Å²) in [4.78, 5) is 48.7. The number of nitrogens with zero attached hydrogens (tertiary/aromatic N) is 2. The summed E-state index contributed by atoms with van der Waals surface area (Å²) in [7, 11) is 0. The third-order valence-electron chi connectivity index (χ3n) is 4.76. The normalized spacial score (nSPS) is 14.3. The number of halogens is 2. The number of anilines is 1. The fourth-order valence-corrected chi connectivity index (χ4v) is 3.62. The Kier molecular flexibility index (Phi) is 6.31. The van der Waals surface area contributed by atoms with Crippen molar-refractivity contribution in [2.45, 2.75) is 0 Å². The van der Waals surface area contributed by atoms with Crippen molar-refractivity contribution in [3.8, 4) is 5.75 Å². The lowest BCUT2D eigenvalue weighted by atomic mass is 10.1. The number of ether oxygens (including phenoxy) is 1. The summed E-state index contributed by atoms with van der Waals surface area (Å²) in [5.74, 6) is -2.38. The first-order valence-electron chi connectivity index (χ1n) is 9.62. The number of nitro groups is 1. The minimum Gasteiger partial charge on any atom is -0.422 e. The van der Waals surface area contributed by atoms with Crippen LogP contribution in [0.5, 0.6) is 5.75 Å². The molecule has 2 amide bonds. The van der Waals surface area contributed by atoms with Crippen molar-refractivity contribution in [2.24, 2.45) is 0 Å². The van der Waals surface area contributed by atoms with Crippen molar-refractivity contribution in [3.05, 3.63) is 104 Å². The number of carbonyl (C=O) groups is 3. The summed E-state index contributed by atoms with van der Waals surface area (Å²) in [6.07, 6.45) is 1.12. The van der Waals surface area contributed by atoms with Gasteiger partial charge in [0.2, 0.25) is 0 Å². The van der Waals surface area contributed by atoms with Crippen molar-refractivity contribution in [3.63, 3.8) is 0 Å². The Hall–Kier alpha value is -4.21. The predicted molar refractivity (Wildman–Crippen MR) is 125 cm³/mol. The van der Waals surface area contributed by atoms with Crippen LogP contribution in [0.1, 0.15) is 15.9 Å². The molecule has 0 spiro atoms. The Morgan fingerprint density at radius 3 is 2.44 bits per heavy atom. The number of amides is 2. The molecule has 0 unspecified atom stereocenters. The molecule has 0 aliphatic carbocycles. The molecule has 1 fully saturated rings. The van der Waals surface area contributed by atoms with E-state index in [1.165, 1.54) is 24.3 Å². The first kappa shape index (κ1) is 23.0. The second-order valence-corrected chi connectivity index (χ2v) is 7.81. The number of para-hydroxylation sites is 1. The monoisotopic (exact) mass is 497 g/mol. The molecule has 1 aliphatic rings. The Morgan fingerprint density at radius 1 is 1.03 bits per heavy atom. The van der Waals surface area contributed by atoms with E-state index in [2.05, 4.69) is 5.43 Å². The van der Waals surface area contributed by atoms with Gasteiger partial charge in [-0.25, -0.2) is 9.80 Å². The SMILES string of the molecule is O=C1NN(c2ccccc2)C(=O)C1=Cc1cc([N+](=O)[O-])ccc1OC(=O)c1ccc(Cl)cc1Cl. The van der Waals surface area contributed by atoms with Crippen LogP contribution in [0.4, 0.5) is 11.4 Å². The molecule has 4 rings (SSSR count). The van der Waals surface area contributed by atoms with Crippen LogP contribution in [0, 0.1) is 10.1 Å². The maximum Gasteiger partial charge on any atom is 0.345 e. The number of rotatable bonds is 5. The fourth-order valence-electron chi connectivity index (χ4n) is 3.14. The Balaban J connectivity index is 1.72. The second-order valence-electron chi connectivity index (χ2n) is 6.97. The molecule has 0 bridgehead atoms. The number of carbonyl (C=O) groups excluding carboxylic acids is 3. The molecule has 1 heterocycles. The van der Waals surface area contributed by atoms with E-state index in [1.807, 2.05) is 0 Å². The van der Waals surface area contributed by atoms with Crippen LogP contribution in [0.15, 0.2) is 72.3 Å². The van der Waals surface area contributed by atoms with E-state index in [1.54, 1.807) is 30.3 Å². The zero-order valence-corrected chi connectivity index (χ0v) is 18.5. The molecule has 170 valence electrons. The number of nitro benzene ring substituents is 1. The van der Waals surface area contributed by atoms with Crippen LogP contribution >= 0.6 is 23.2 Å². The largest absolute Gasteiger partial charge is 0.422 e. The van der Waals surface area contributed by atoms with Crippen molar-refractivity contribution in [1.29, 1.82) is 0 Å². The van der Waals surface area contributed by atoms with E-state index < -0.39 is 22.7 Å². The lowest BCUT2D eigenvalue weighted by Gasteiger charge is -2.14. The second kappa shape index (κ2) is 9.34. The highest BCUT2D eigenvalue weighted by molar-refractivity contribution is 6.36. The van der Waals surface area contributed by atoms with Gasteiger partial charge in [-0.2, -0.15) is 0 Å². The van der Waals surface area contributed by atoms with Crippen molar-refractivity contribution in [2.75, 3.05) is 5.01 Å². The number of esters is 1. The van der Waals surface area contributed by atoms with E-state index in [-0.39, 0.29) is 33.2 Å². The number of hydrogen-bond acceptors (Lipinski definition) is 6. The van der Waals surface area contributed by atoms with Crippen molar-refractivity contribution in [1.82, 2.24) is 5.43 Å². The smallest absolute Gasteiger partial charge is 0.345 e. The van der Waals surface area contributed by atoms with Gasteiger partial charge in [-0.1, -0.05) is 41.4 Å². The molecule has 0 aromatic heterocycles. The first-order chi connectivity index (χ1) is 16.2. The van der Waals surface area contributed by atoms with Crippen LogP contribution in [0.3, 0.4) is 0 Å². The van der Waals surface area contributed by atoms with Crippen molar-refractivity contribution >= 4 is 58.4 Å². The van der Waals surface area contributed by atoms with Gasteiger partial charge in [0.05, 0.1) is 21.2 Å². The maximum atomic E-state index is 12.9. The number of nitrogens with one attached hydrogen (secondary N) is 1. The highest BCUT2D eigenvalue weighted by Crippen LogP contribution is 2.30. The summed E-state index contributed by atoms with van der Waals surface area (Å²) in [6.45, 7) is 0. The molecular formula is C23H13Cl2N3O6. The summed E-state index contributed by atoms with van der Waals surface area (Å²) < 4.78 is 5.39. The average molecular weight is 498 g/mol. The minimum absolute atomic E-state index is 0.00737. The summed E-state index contributed by atoms with van der Waals surface area (Å²) in [6, 6.07) is 16.0. The van der Waals surface area contributed by atoms with Crippen LogP contribution in [0.2, 0.25) is 10.0 Å². The quantitative estimate of drug-likeness (QED) is 0.137. The molecule has 1 aliphatic heterocycles. The Labute approximate surface area is 202 Å². The highest BCUT2D eigenvalue weighted by Gasteiger charge is 2.35. The molecule has 3 aromatic carbocycles. The summed E-state index contributed by atoms with van der Waals surface area (Å²) >= 11 is 11.9. The Bertz CT molecular complexity index is 1370. The lowest BCUT2D eigenvalue weighted by molar-refractivity contribution is -0.384. The zero-order valence-electron chi connectivity index (χ0n) is 17.0. The summed E-state index contributed by atoms with van der Waals surface area (Å²) in [5, 5.41) is 12.7. The molecule has 0 atom stereocenters. The summed E-state index contributed by atoms with van der Waals surface area (Å²) in [5.41, 5.74) is 2.20. The molecule has 0 saturated carbocycles. The molecule has 0 radical (unpaired) electrons. The fraction of sp³-hybridized carbons (Fsp3) is 0. The number of hydrazine groups is 1. The highest BCUT2D eigenvalue weighted by atomic mass is 35.5. The molecule has 11 heteroatoms. The van der Waals surface area contributed by atoms with E-state index in [4.69, 9.17) is 27.9 Å². The van der Waals surface area contributed by atoms with Crippen LogP contribution < -0.4 is 15.2 Å². The van der Waals surface area contributed by atoms with Gasteiger partial charge in [0, 0.05) is 22.7 Å². The van der Waals surface area contributed by atoms with Crippen LogP contribution in [0.25, 0.3) is 6.08 Å². The van der Waals surface area contributed by atoms with E-state index in [0.717, 1.165) is 23.2 Å². The van der Waals surface area contributed by atoms with Gasteiger partial charge in [0.25, 0.3) is 17.5 Å². The van der Waals surface area contributed by atoms with Crippen LogP contribution in [-0.2, 0) is 9.59 Å². The lowest BCUT2D eigenvalue weighted by Crippen LogP contribution is -2.35. The van der Waals surface area contributed by atoms with E-state index in [9.17, 15) is 24.5 Å². The maximum absolute atomic E-state index is 12.9. The van der Waals surface area contributed by atoms with Gasteiger partial charge < -0.3 is 4.74 Å². The van der Waals surface area contributed by atoms with Gasteiger partial charge in [-0.05, 0) is 42.5 Å². The predicted octanol–water partition coefficient (Wildman–Crippen LogP) is 4.58. The number of benzene rings is 3. The van der Waals surface area contributed by atoms with Gasteiger partial charge in [0.1, 0.15) is 11.3 Å². The first-order valence-corrected chi connectivity index (χ1v) is 10.4. The van der Waals surface area contributed by atoms with Gasteiger partial charge in [-0.3, -0.25) is 25.1 Å². The molecule has 9 nitrogen and oxygen atoms in total. The minimum atomic E-state index is -0.858. The Morgan fingerprint density at radius 2 is 1.76 bits per heavy atom. The van der Waals surface area contributed by atoms with Gasteiger partial charge in [0.15, 0.2) is 0 Å². The number of non-ortho nitro benzene ring substituents is 1. The third-order valence-corrected chi connectivity index (χ3v) is 5.31. The molecular weight excluding hydrogens is 485 g/mol. The molecule has 1 saturated heterocycles.